The molecule has 2 radical (unpaired) electrons. The molecule has 3 heteroatoms. The van der Waals surface area contributed by atoms with E-state index < -0.39 is 0 Å². The number of Topliss-reactive ketones (excluding diaryl/α,β-unsaturated/α-hetero) is 1. The summed E-state index contributed by atoms with van der Waals surface area (Å²) in [7, 11) is 6.21. The SMILES string of the molecule is [B][C@@H]1C[C@H]2[C@@H]3CC[C@H]4C[C@@H](O/C=C\CC)CC[C@]4(C)[C@H]3CC[C@]2(C)C1=O. The van der Waals surface area contributed by atoms with Gasteiger partial charge in [0.05, 0.1) is 20.2 Å². The van der Waals surface area contributed by atoms with E-state index in [0.717, 1.165) is 31.1 Å². The van der Waals surface area contributed by atoms with Crippen molar-refractivity contribution in [3.8, 4) is 0 Å². The minimum atomic E-state index is -0.205. The summed E-state index contributed by atoms with van der Waals surface area (Å²) in [5.41, 5.74) is 0.309. The molecule has 4 rings (SSSR count). The van der Waals surface area contributed by atoms with E-state index in [4.69, 9.17) is 12.6 Å². The molecule has 0 spiro atoms. The lowest BCUT2D eigenvalue weighted by Gasteiger charge is -2.60. The summed E-state index contributed by atoms with van der Waals surface area (Å²) < 4.78 is 6.03. The van der Waals surface area contributed by atoms with E-state index in [2.05, 4.69) is 26.8 Å². The molecule has 0 N–H and O–H groups in total. The van der Waals surface area contributed by atoms with Gasteiger partial charge in [-0.05, 0) is 92.7 Å². The van der Waals surface area contributed by atoms with Gasteiger partial charge in [0.25, 0.3) is 0 Å². The summed E-state index contributed by atoms with van der Waals surface area (Å²) >= 11 is 0. The first-order chi connectivity index (χ1) is 12.4. The quantitative estimate of drug-likeness (QED) is 0.496. The average molecular weight is 354 g/mol. The lowest BCUT2D eigenvalue weighted by molar-refractivity contribution is -0.142. The van der Waals surface area contributed by atoms with Crippen molar-refractivity contribution in [2.75, 3.05) is 0 Å². The number of ether oxygens (including phenoxy) is 1. The number of hydrogen-bond donors (Lipinski definition) is 0. The van der Waals surface area contributed by atoms with E-state index in [1.807, 2.05) is 6.26 Å². The average Bonchev–Trinajstić information content (AvgIpc) is 2.86. The number of carbonyl (C=O) groups is 1. The van der Waals surface area contributed by atoms with Crippen molar-refractivity contribution in [3.63, 3.8) is 0 Å². The predicted octanol–water partition coefficient (Wildman–Crippen LogP) is 5.47. The Bertz CT molecular complexity index is 587. The van der Waals surface area contributed by atoms with Crippen LogP contribution in [0, 0.1) is 34.5 Å². The lowest BCUT2D eigenvalue weighted by atomic mass is 9.45. The summed E-state index contributed by atoms with van der Waals surface area (Å²) in [6.45, 7) is 6.93. The van der Waals surface area contributed by atoms with E-state index in [-0.39, 0.29) is 11.2 Å². The maximum absolute atomic E-state index is 12.7. The molecule has 0 aliphatic heterocycles. The summed E-state index contributed by atoms with van der Waals surface area (Å²) in [6, 6.07) is 0. The van der Waals surface area contributed by atoms with Gasteiger partial charge in [-0.1, -0.05) is 26.8 Å². The van der Waals surface area contributed by atoms with Crippen molar-refractivity contribution >= 4 is 13.6 Å². The minimum Gasteiger partial charge on any atom is -0.498 e. The molecule has 4 fully saturated rings. The van der Waals surface area contributed by atoms with Crippen molar-refractivity contribution in [3.05, 3.63) is 12.3 Å². The maximum atomic E-state index is 12.7. The van der Waals surface area contributed by atoms with Gasteiger partial charge in [-0.25, -0.2) is 0 Å². The number of hydrogen-bond acceptors (Lipinski definition) is 2. The van der Waals surface area contributed by atoms with Crippen LogP contribution >= 0.6 is 0 Å². The van der Waals surface area contributed by atoms with Gasteiger partial charge in [-0.2, -0.15) is 0 Å². The van der Waals surface area contributed by atoms with Crippen molar-refractivity contribution in [2.24, 2.45) is 34.5 Å². The smallest absolute Gasteiger partial charge is 0.133 e. The molecule has 26 heavy (non-hydrogen) atoms. The van der Waals surface area contributed by atoms with Crippen LogP contribution in [0.25, 0.3) is 0 Å². The van der Waals surface area contributed by atoms with Gasteiger partial charge >= 0.3 is 0 Å². The molecule has 0 aromatic heterocycles. The summed E-state index contributed by atoms with van der Waals surface area (Å²) in [6.07, 6.45) is 15.0. The number of fused-ring (bicyclic) bond motifs is 5. The number of rotatable bonds is 3. The van der Waals surface area contributed by atoms with E-state index in [1.54, 1.807) is 0 Å². The zero-order valence-corrected chi connectivity index (χ0v) is 16.9. The standard InChI is InChI=1S/C23H35BO2/c1-4-5-12-26-16-8-10-22(2)15(13-16)6-7-17-18(22)9-11-23(3)19(17)14-20(24)21(23)25/h5,12,15-20H,4,6-11,13-14H2,1-3H3/b12-5-/t15-,16-,17+,18-,19-,20+,22-,23-/m0/s1. The van der Waals surface area contributed by atoms with Crippen LogP contribution in [0.2, 0.25) is 5.82 Å². The monoisotopic (exact) mass is 354 g/mol. The largest absolute Gasteiger partial charge is 0.498 e. The Morgan fingerprint density at radius 1 is 1.12 bits per heavy atom. The van der Waals surface area contributed by atoms with Gasteiger partial charge in [-0.3, -0.25) is 4.79 Å². The molecular weight excluding hydrogens is 319 g/mol. The van der Waals surface area contributed by atoms with Crippen LogP contribution in [-0.2, 0) is 9.53 Å². The highest BCUT2D eigenvalue weighted by atomic mass is 16.5. The summed E-state index contributed by atoms with van der Waals surface area (Å²) in [5, 5.41) is 0. The normalized spacial score (nSPS) is 51.0. The highest BCUT2D eigenvalue weighted by Crippen LogP contribution is 2.66. The molecule has 0 amide bonds. The van der Waals surface area contributed by atoms with Crippen molar-refractivity contribution in [1.82, 2.24) is 0 Å². The Labute approximate surface area is 160 Å². The zero-order valence-electron chi connectivity index (χ0n) is 16.9. The second kappa shape index (κ2) is 6.71. The molecule has 4 aliphatic rings. The molecule has 0 aromatic carbocycles. The van der Waals surface area contributed by atoms with Crippen LogP contribution in [0.1, 0.15) is 78.6 Å². The zero-order chi connectivity index (χ0) is 18.5. The van der Waals surface area contributed by atoms with Crippen LogP contribution < -0.4 is 0 Å². The fraction of sp³-hybridized carbons (Fsp3) is 0.870. The van der Waals surface area contributed by atoms with E-state index >= 15 is 0 Å². The first-order valence-electron chi connectivity index (χ1n) is 11.0. The van der Waals surface area contributed by atoms with Crippen LogP contribution in [0.4, 0.5) is 0 Å². The third-order valence-electron chi connectivity index (χ3n) is 9.02. The van der Waals surface area contributed by atoms with E-state index in [0.29, 0.717) is 29.1 Å². The fourth-order valence-electron chi connectivity index (χ4n) is 7.47. The number of allylic oxidation sites excluding steroid dienone is 1. The second-order valence-corrected chi connectivity index (χ2v) is 10.1. The number of carbonyl (C=O) groups excluding carboxylic acids is 1. The van der Waals surface area contributed by atoms with Crippen LogP contribution in [0.3, 0.4) is 0 Å². The van der Waals surface area contributed by atoms with Gasteiger partial charge in [-0.15, -0.1) is 0 Å². The Morgan fingerprint density at radius 2 is 1.92 bits per heavy atom. The van der Waals surface area contributed by atoms with Crippen molar-refractivity contribution in [1.29, 1.82) is 0 Å². The minimum absolute atomic E-state index is 0.130. The van der Waals surface area contributed by atoms with Gasteiger partial charge < -0.3 is 4.74 Å². The molecular formula is C23H35BO2. The molecule has 4 aliphatic carbocycles. The summed E-state index contributed by atoms with van der Waals surface area (Å²) in [4.78, 5) is 12.7. The van der Waals surface area contributed by atoms with Gasteiger partial charge in [0.2, 0.25) is 0 Å². The van der Waals surface area contributed by atoms with Crippen molar-refractivity contribution in [2.45, 2.75) is 90.5 Å². The van der Waals surface area contributed by atoms with Gasteiger partial charge in [0.15, 0.2) is 0 Å². The second-order valence-electron chi connectivity index (χ2n) is 10.1. The summed E-state index contributed by atoms with van der Waals surface area (Å²) in [5.74, 6) is 2.96. The van der Waals surface area contributed by atoms with Crippen LogP contribution in [0.15, 0.2) is 12.3 Å². The Morgan fingerprint density at radius 3 is 2.69 bits per heavy atom. The topological polar surface area (TPSA) is 26.3 Å². The third-order valence-corrected chi connectivity index (χ3v) is 9.02. The fourth-order valence-corrected chi connectivity index (χ4v) is 7.47. The Kier molecular flexibility index (Phi) is 4.81. The third kappa shape index (κ3) is 2.71. The predicted molar refractivity (Wildman–Crippen MR) is 106 cm³/mol. The number of ketones is 1. The highest BCUT2D eigenvalue weighted by molar-refractivity contribution is 6.26. The molecule has 4 saturated carbocycles. The first-order valence-corrected chi connectivity index (χ1v) is 11.0. The molecule has 8 atom stereocenters. The first kappa shape index (κ1) is 18.6. The lowest BCUT2D eigenvalue weighted by Crippen LogP contribution is -2.54. The Balaban J connectivity index is 1.50. The molecule has 0 aromatic rings. The Hall–Kier alpha value is -0.725. The highest BCUT2D eigenvalue weighted by Gasteiger charge is 2.61. The van der Waals surface area contributed by atoms with Crippen LogP contribution in [-0.4, -0.2) is 19.7 Å². The van der Waals surface area contributed by atoms with E-state index in [1.165, 1.54) is 38.5 Å². The molecule has 2 nitrogen and oxygen atoms in total. The maximum Gasteiger partial charge on any atom is 0.133 e. The molecule has 0 saturated heterocycles. The van der Waals surface area contributed by atoms with Gasteiger partial charge in [0, 0.05) is 5.41 Å². The van der Waals surface area contributed by atoms with Crippen molar-refractivity contribution < 1.29 is 9.53 Å². The van der Waals surface area contributed by atoms with Crippen LogP contribution in [0.5, 0.6) is 0 Å². The molecule has 0 unspecified atom stereocenters. The molecule has 142 valence electrons. The van der Waals surface area contributed by atoms with E-state index in [9.17, 15) is 4.79 Å². The molecule has 0 bridgehead atoms. The van der Waals surface area contributed by atoms with Gasteiger partial charge in [0.1, 0.15) is 5.78 Å². The molecule has 0 heterocycles.